The molecule has 9 atom stereocenters. The van der Waals surface area contributed by atoms with E-state index < -0.39 is 41.5 Å². The van der Waals surface area contributed by atoms with Gasteiger partial charge in [-0.05, 0) is 66.5 Å². The number of carbonyl (C=O) groups is 3. The van der Waals surface area contributed by atoms with E-state index in [-0.39, 0.29) is 37.3 Å². The molecule has 2 aliphatic rings. The van der Waals surface area contributed by atoms with Crippen LogP contribution in [0.2, 0.25) is 0 Å². The lowest BCUT2D eigenvalue weighted by Gasteiger charge is -2.57. The lowest BCUT2D eigenvalue weighted by molar-refractivity contribution is -0.388. The van der Waals surface area contributed by atoms with Gasteiger partial charge in [-0.3, -0.25) is 19.2 Å². The summed E-state index contributed by atoms with van der Waals surface area (Å²) < 4.78 is 15.8. The van der Waals surface area contributed by atoms with Gasteiger partial charge in [0.15, 0.2) is 11.9 Å². The van der Waals surface area contributed by atoms with Gasteiger partial charge in [0, 0.05) is 32.4 Å². The number of hydroxylamine groups is 2. The number of hydrogen-bond donors (Lipinski definition) is 2. The van der Waals surface area contributed by atoms with Crippen LogP contribution in [0.4, 0.5) is 0 Å². The summed E-state index contributed by atoms with van der Waals surface area (Å²) in [6, 6.07) is -0.0322. The number of methoxy groups -OCH3 is 1. The summed E-state index contributed by atoms with van der Waals surface area (Å²) in [7, 11) is 5.57. The monoisotopic (exact) mass is 644 g/mol. The number of ketones is 1. The van der Waals surface area contributed by atoms with Gasteiger partial charge in [0.05, 0.1) is 24.4 Å². The Morgan fingerprint density at radius 2 is 1.84 bits per heavy atom. The zero-order valence-electron chi connectivity index (χ0n) is 29.9. The van der Waals surface area contributed by atoms with E-state index in [9.17, 15) is 24.6 Å². The topological polar surface area (TPSA) is 135 Å². The fraction of sp³-hybridized carbons (Fsp3) is 0.853. The molecule has 2 saturated heterocycles. The molecule has 0 aromatic heterocycles. The van der Waals surface area contributed by atoms with Crippen LogP contribution in [0.5, 0.6) is 0 Å². The van der Waals surface area contributed by atoms with Gasteiger partial charge in [0.1, 0.15) is 17.8 Å². The largest absolute Gasteiger partial charge is 0.459 e. The molecule has 2 rings (SSSR count). The van der Waals surface area contributed by atoms with Crippen molar-refractivity contribution < 1.29 is 43.6 Å². The molecular weight excluding hydrogens is 580 g/mol. The fourth-order valence-electron chi connectivity index (χ4n) is 5.90. The molecule has 2 heterocycles. The molecule has 2 N–H and O–H groups in total. The minimum Gasteiger partial charge on any atom is -0.459 e. The molecule has 1 amide bonds. The Morgan fingerprint density at radius 3 is 2.31 bits per heavy atom. The van der Waals surface area contributed by atoms with Crippen molar-refractivity contribution in [3.63, 3.8) is 0 Å². The van der Waals surface area contributed by atoms with Crippen molar-refractivity contribution in [1.82, 2.24) is 9.96 Å². The van der Waals surface area contributed by atoms with Crippen LogP contribution in [0, 0.1) is 11.8 Å². The highest BCUT2D eigenvalue weighted by Crippen LogP contribution is 2.44. The Labute approximate surface area is 272 Å². The van der Waals surface area contributed by atoms with Crippen molar-refractivity contribution in [3.8, 4) is 0 Å². The first kappa shape index (κ1) is 43.1. The van der Waals surface area contributed by atoms with Crippen molar-refractivity contribution in [3.05, 3.63) is 12.7 Å². The zero-order chi connectivity index (χ0) is 35.0. The van der Waals surface area contributed by atoms with Crippen LogP contribution >= 0.6 is 0 Å². The van der Waals surface area contributed by atoms with Crippen molar-refractivity contribution in [2.75, 3.05) is 27.8 Å². The van der Waals surface area contributed by atoms with E-state index in [4.69, 9.17) is 19.0 Å². The van der Waals surface area contributed by atoms with Crippen molar-refractivity contribution in [2.45, 2.75) is 149 Å². The van der Waals surface area contributed by atoms with Gasteiger partial charge >= 0.3 is 5.97 Å². The van der Waals surface area contributed by atoms with Crippen LogP contribution in [0.1, 0.15) is 107 Å². The van der Waals surface area contributed by atoms with E-state index in [0.717, 1.165) is 25.7 Å². The van der Waals surface area contributed by atoms with E-state index in [0.29, 0.717) is 25.3 Å². The molecular formula is C34H64N2O9. The highest BCUT2D eigenvalue weighted by molar-refractivity contribution is 5.98. The molecule has 0 spiro atoms. The molecule has 2 aliphatic heterocycles. The molecule has 264 valence electrons. The number of aliphatic hydroxyl groups is 2. The molecule has 11 nitrogen and oxygen atoms in total. The SMILES string of the molecule is C=CC[C@@](O)(CC1N(C=O)O[C@]1(C)[C@@H](CC)OC(=O)C(C)C(=O)CCOC)[C@H](C)CCC.CC.CC1CC(N(C)C)CC(O)O1. The third kappa shape index (κ3) is 12.7. The Bertz CT molecular complexity index is 878. The number of carbonyl (C=O) groups excluding carboxylic acids is 3. The summed E-state index contributed by atoms with van der Waals surface area (Å²) in [6.07, 6.45) is 5.86. The smallest absolute Gasteiger partial charge is 0.316 e. The molecule has 0 bridgehead atoms. The number of hydrogen-bond acceptors (Lipinski definition) is 10. The van der Waals surface area contributed by atoms with Gasteiger partial charge in [0.2, 0.25) is 6.41 Å². The van der Waals surface area contributed by atoms with Crippen LogP contribution in [-0.2, 0) is 33.4 Å². The number of Topliss-reactive ketones (excluding diaryl/α,β-unsaturated/α-hetero) is 1. The van der Waals surface area contributed by atoms with Crippen LogP contribution in [0.3, 0.4) is 0 Å². The van der Waals surface area contributed by atoms with E-state index in [1.54, 1.807) is 13.0 Å². The molecule has 11 heteroatoms. The Kier molecular flexibility index (Phi) is 20.2. The Balaban J connectivity index is 0.00000124. The summed E-state index contributed by atoms with van der Waals surface area (Å²) in [6.45, 7) is 19.2. The lowest BCUT2D eigenvalue weighted by Crippen LogP contribution is -2.72. The summed E-state index contributed by atoms with van der Waals surface area (Å²) in [4.78, 5) is 44.3. The van der Waals surface area contributed by atoms with Crippen molar-refractivity contribution in [1.29, 1.82) is 0 Å². The van der Waals surface area contributed by atoms with Gasteiger partial charge in [-0.15, -0.1) is 6.58 Å². The maximum Gasteiger partial charge on any atom is 0.316 e. The van der Waals surface area contributed by atoms with E-state index in [2.05, 4.69) is 18.4 Å². The summed E-state index contributed by atoms with van der Waals surface area (Å²) in [5.41, 5.74) is -2.10. The summed E-state index contributed by atoms with van der Waals surface area (Å²) in [5.74, 6) is -1.84. The van der Waals surface area contributed by atoms with Gasteiger partial charge in [-0.2, -0.15) is 0 Å². The van der Waals surface area contributed by atoms with E-state index in [1.165, 1.54) is 19.1 Å². The van der Waals surface area contributed by atoms with Crippen LogP contribution < -0.4 is 0 Å². The predicted octanol–water partition coefficient (Wildman–Crippen LogP) is 4.67. The molecule has 0 aliphatic carbocycles. The van der Waals surface area contributed by atoms with Crippen LogP contribution in [-0.4, -0.2) is 108 Å². The lowest BCUT2D eigenvalue weighted by atomic mass is 9.72. The number of ether oxygens (including phenoxy) is 3. The predicted molar refractivity (Wildman–Crippen MR) is 175 cm³/mol. The molecule has 0 aromatic rings. The third-order valence-corrected chi connectivity index (χ3v) is 8.91. The highest BCUT2D eigenvalue weighted by Gasteiger charge is 2.59. The van der Waals surface area contributed by atoms with Gasteiger partial charge in [-0.1, -0.05) is 47.1 Å². The summed E-state index contributed by atoms with van der Waals surface area (Å²) >= 11 is 0. The minimum atomic E-state index is -1.08. The highest BCUT2D eigenvalue weighted by atomic mass is 16.8. The second kappa shape index (κ2) is 21.1. The normalized spacial score (nSPS) is 27.6. The quantitative estimate of drug-likeness (QED) is 0.0995. The number of amides is 1. The van der Waals surface area contributed by atoms with E-state index >= 15 is 0 Å². The molecule has 45 heavy (non-hydrogen) atoms. The van der Waals surface area contributed by atoms with Crippen LogP contribution in [0.15, 0.2) is 12.7 Å². The Morgan fingerprint density at radius 1 is 1.22 bits per heavy atom. The average molecular weight is 645 g/mol. The number of nitrogens with zero attached hydrogens (tertiary/aromatic N) is 2. The molecule has 0 aromatic carbocycles. The fourth-order valence-corrected chi connectivity index (χ4v) is 5.90. The maximum absolute atomic E-state index is 12.7. The zero-order valence-corrected chi connectivity index (χ0v) is 29.9. The average Bonchev–Trinajstić information content (AvgIpc) is 3.00. The van der Waals surface area contributed by atoms with Gasteiger partial charge in [0.25, 0.3) is 0 Å². The molecule has 0 saturated carbocycles. The number of aliphatic hydroxyl groups excluding tert-OH is 1. The van der Waals surface area contributed by atoms with E-state index in [1.807, 2.05) is 48.7 Å². The van der Waals surface area contributed by atoms with Crippen molar-refractivity contribution >= 4 is 18.2 Å². The first-order valence-corrected chi connectivity index (χ1v) is 16.6. The van der Waals surface area contributed by atoms with Gasteiger partial charge in [-0.25, -0.2) is 5.06 Å². The maximum atomic E-state index is 12.7. The summed E-state index contributed by atoms with van der Waals surface area (Å²) in [5, 5.41) is 21.9. The molecule has 5 unspecified atom stereocenters. The first-order valence-electron chi connectivity index (χ1n) is 16.6. The Hall–Kier alpha value is -1.89. The van der Waals surface area contributed by atoms with Gasteiger partial charge < -0.3 is 29.3 Å². The van der Waals surface area contributed by atoms with Crippen LogP contribution in [0.25, 0.3) is 0 Å². The third-order valence-electron chi connectivity index (χ3n) is 8.91. The molecule has 2 fully saturated rings. The van der Waals surface area contributed by atoms with Crippen molar-refractivity contribution in [2.24, 2.45) is 11.8 Å². The standard InChI is InChI=1S/C24H41NO7.C8H17NO2.C2H6/c1-8-11-17(4)24(29,13-9-2)15-20-23(6,32-25(20)16-26)21(10-3)31-22(28)18(5)19(27)12-14-30-7;1-6-4-7(9(2)3)5-8(10)11-6;1-2/h9,16-18,20-21,29H,2,8,10-15H2,1,3-7H3;6-8,10H,4-5H2,1-3H3;1-2H3/t17-,18?,20?,21-,23+,24-;;/m1../s1. The second-order valence-corrected chi connectivity index (χ2v) is 12.5. The minimum absolute atomic E-state index is 0.0232. The molecule has 0 radical (unpaired) electrons. The first-order chi connectivity index (χ1) is 21.1. The number of esters is 1. The number of rotatable bonds is 17. The second-order valence-electron chi connectivity index (χ2n) is 12.5.